The molecule has 1 unspecified atom stereocenters. The maximum absolute atomic E-state index is 12.6. The van der Waals surface area contributed by atoms with E-state index >= 15 is 0 Å². The lowest BCUT2D eigenvalue weighted by Gasteiger charge is -2.23. The minimum Gasteiger partial charge on any atom is -0.484 e. The van der Waals surface area contributed by atoms with E-state index < -0.39 is 17.7 Å². The molecule has 0 aliphatic carbocycles. The van der Waals surface area contributed by atoms with Gasteiger partial charge >= 0.3 is 12.1 Å². The lowest BCUT2D eigenvalue weighted by Crippen LogP contribution is -2.34. The number of halogens is 3. The van der Waals surface area contributed by atoms with Crippen molar-refractivity contribution < 1.29 is 32.2 Å². The van der Waals surface area contributed by atoms with E-state index in [2.05, 4.69) is 4.98 Å². The van der Waals surface area contributed by atoms with Gasteiger partial charge in [0.1, 0.15) is 10.8 Å². The maximum Gasteiger partial charge on any atom is 0.416 e. The number of esters is 1. The molecule has 1 aromatic carbocycles. The van der Waals surface area contributed by atoms with Gasteiger partial charge in [0.2, 0.25) is 0 Å². The molecular weight excluding hydrogens is 409 g/mol. The van der Waals surface area contributed by atoms with Gasteiger partial charge in [0.15, 0.2) is 12.3 Å². The number of amides is 1. The monoisotopic (exact) mass is 428 g/mol. The number of hydrogen-bond donors (Lipinski definition) is 0. The van der Waals surface area contributed by atoms with Crippen LogP contribution in [0.15, 0.2) is 29.6 Å². The Hall–Kier alpha value is -2.62. The third kappa shape index (κ3) is 5.06. The molecule has 0 N–H and O–H groups in total. The average Bonchev–Trinajstić information content (AvgIpc) is 3.35. The Morgan fingerprint density at radius 2 is 2.00 bits per heavy atom. The second-order valence-electron chi connectivity index (χ2n) is 6.35. The summed E-state index contributed by atoms with van der Waals surface area (Å²) in [5.41, 5.74) is -0.566. The first-order valence-corrected chi connectivity index (χ1v) is 9.89. The van der Waals surface area contributed by atoms with Crippen molar-refractivity contribution in [2.24, 2.45) is 0 Å². The lowest BCUT2D eigenvalue weighted by atomic mass is 10.2. The van der Waals surface area contributed by atoms with Crippen molar-refractivity contribution in [2.75, 3.05) is 19.8 Å². The molecule has 1 aliphatic heterocycles. The standard InChI is InChI=1S/C19H19F3N2O4S/c1-2-27-18(26)14-11-29-17(23-14)15-4-3-9-24(15)16(25)10-28-13-7-5-12(6-8-13)19(20,21)22/h5-8,11,15H,2-4,9-10H2,1H3. The molecule has 10 heteroatoms. The second-order valence-corrected chi connectivity index (χ2v) is 7.24. The minimum atomic E-state index is -4.42. The molecule has 0 radical (unpaired) electrons. The zero-order valence-corrected chi connectivity index (χ0v) is 16.4. The summed E-state index contributed by atoms with van der Waals surface area (Å²) in [4.78, 5) is 30.3. The molecule has 0 spiro atoms. The quantitative estimate of drug-likeness (QED) is 0.649. The number of likely N-dealkylation sites (tertiary alicyclic amines) is 1. The van der Waals surface area contributed by atoms with Gasteiger partial charge in [-0.25, -0.2) is 9.78 Å². The zero-order chi connectivity index (χ0) is 21.0. The number of carbonyl (C=O) groups excluding carboxylic acids is 2. The summed E-state index contributed by atoms with van der Waals surface area (Å²) in [6.45, 7) is 2.19. The number of thiazole rings is 1. The first-order chi connectivity index (χ1) is 13.8. The molecule has 1 atom stereocenters. The smallest absolute Gasteiger partial charge is 0.416 e. The summed E-state index contributed by atoms with van der Waals surface area (Å²) in [6.07, 6.45) is -2.93. The normalized spacial score (nSPS) is 16.7. The van der Waals surface area contributed by atoms with Crippen LogP contribution in [0.2, 0.25) is 0 Å². The number of rotatable bonds is 6. The minimum absolute atomic E-state index is 0.181. The third-order valence-electron chi connectivity index (χ3n) is 4.41. The average molecular weight is 428 g/mol. The molecule has 156 valence electrons. The molecule has 2 aromatic rings. The summed E-state index contributed by atoms with van der Waals surface area (Å²) < 4.78 is 48.1. The molecule has 1 aliphatic rings. The first-order valence-electron chi connectivity index (χ1n) is 9.01. The van der Waals surface area contributed by atoms with Gasteiger partial charge < -0.3 is 14.4 Å². The summed E-state index contributed by atoms with van der Waals surface area (Å²) in [7, 11) is 0. The van der Waals surface area contributed by atoms with E-state index in [9.17, 15) is 22.8 Å². The van der Waals surface area contributed by atoms with Crippen LogP contribution in [0, 0.1) is 0 Å². The van der Waals surface area contributed by atoms with Gasteiger partial charge in [0.25, 0.3) is 5.91 Å². The van der Waals surface area contributed by atoms with Crippen molar-refractivity contribution in [3.8, 4) is 5.75 Å². The summed E-state index contributed by atoms with van der Waals surface area (Å²) in [5, 5.41) is 2.25. The highest BCUT2D eigenvalue weighted by molar-refractivity contribution is 7.09. The summed E-state index contributed by atoms with van der Waals surface area (Å²) in [5.74, 6) is -0.613. The van der Waals surface area contributed by atoms with E-state index in [0.717, 1.165) is 18.6 Å². The van der Waals surface area contributed by atoms with Crippen LogP contribution in [0.1, 0.15) is 46.9 Å². The highest BCUT2D eigenvalue weighted by Crippen LogP contribution is 2.34. The van der Waals surface area contributed by atoms with Crippen molar-refractivity contribution in [3.05, 3.63) is 45.9 Å². The Labute approximate surface area is 169 Å². The molecule has 3 rings (SSSR count). The van der Waals surface area contributed by atoms with Crippen LogP contribution in [-0.2, 0) is 15.7 Å². The predicted molar refractivity (Wildman–Crippen MR) is 98.7 cm³/mol. The van der Waals surface area contributed by atoms with E-state index in [4.69, 9.17) is 9.47 Å². The van der Waals surface area contributed by atoms with Gasteiger partial charge in [-0.05, 0) is 44.0 Å². The van der Waals surface area contributed by atoms with Crippen molar-refractivity contribution in [1.82, 2.24) is 9.88 Å². The van der Waals surface area contributed by atoms with E-state index in [-0.39, 0.29) is 36.6 Å². The van der Waals surface area contributed by atoms with E-state index in [0.29, 0.717) is 18.0 Å². The number of carbonyl (C=O) groups is 2. The van der Waals surface area contributed by atoms with Gasteiger partial charge in [-0.15, -0.1) is 11.3 Å². The van der Waals surface area contributed by atoms with E-state index in [1.54, 1.807) is 17.2 Å². The zero-order valence-electron chi connectivity index (χ0n) is 15.6. The molecule has 1 aromatic heterocycles. The molecule has 0 saturated carbocycles. The number of alkyl halides is 3. The maximum atomic E-state index is 12.6. The molecule has 1 fully saturated rings. The van der Waals surface area contributed by atoms with Crippen molar-refractivity contribution >= 4 is 23.2 Å². The number of nitrogens with zero attached hydrogens (tertiary/aromatic N) is 2. The summed E-state index contributed by atoms with van der Waals surface area (Å²) in [6, 6.07) is 3.93. The molecule has 2 heterocycles. The van der Waals surface area contributed by atoms with E-state index in [1.807, 2.05) is 0 Å². The Balaban J connectivity index is 1.61. The van der Waals surface area contributed by atoms with Gasteiger partial charge in [-0.2, -0.15) is 13.2 Å². The Morgan fingerprint density at radius 1 is 1.28 bits per heavy atom. The second kappa shape index (κ2) is 8.81. The molecule has 29 heavy (non-hydrogen) atoms. The molecule has 1 amide bonds. The van der Waals surface area contributed by atoms with Gasteiger partial charge in [0.05, 0.1) is 18.2 Å². The van der Waals surface area contributed by atoms with Crippen LogP contribution in [0.4, 0.5) is 13.2 Å². The van der Waals surface area contributed by atoms with Gasteiger partial charge in [-0.1, -0.05) is 0 Å². The van der Waals surface area contributed by atoms with Gasteiger partial charge in [0, 0.05) is 11.9 Å². The molecular formula is C19H19F3N2O4S. The number of hydrogen-bond acceptors (Lipinski definition) is 6. The largest absolute Gasteiger partial charge is 0.484 e. The Kier molecular flexibility index (Phi) is 6.41. The topological polar surface area (TPSA) is 68.7 Å². The van der Waals surface area contributed by atoms with Crippen LogP contribution >= 0.6 is 11.3 Å². The SMILES string of the molecule is CCOC(=O)c1csc(C2CCCN2C(=O)COc2ccc(C(F)(F)F)cc2)n1. The van der Waals surface area contributed by atoms with Crippen molar-refractivity contribution in [3.63, 3.8) is 0 Å². The van der Waals surface area contributed by atoms with Crippen molar-refractivity contribution in [2.45, 2.75) is 32.0 Å². The lowest BCUT2D eigenvalue weighted by molar-refractivity contribution is -0.138. The molecule has 6 nitrogen and oxygen atoms in total. The predicted octanol–water partition coefficient (Wildman–Crippen LogP) is 4.08. The fourth-order valence-electron chi connectivity index (χ4n) is 3.03. The Bertz CT molecular complexity index is 867. The summed E-state index contributed by atoms with van der Waals surface area (Å²) >= 11 is 1.29. The Morgan fingerprint density at radius 3 is 2.66 bits per heavy atom. The van der Waals surface area contributed by atoms with Crippen LogP contribution < -0.4 is 4.74 Å². The number of ether oxygens (including phenoxy) is 2. The van der Waals surface area contributed by atoms with Crippen LogP contribution in [0.3, 0.4) is 0 Å². The number of benzene rings is 1. The first kappa shape index (κ1) is 21.1. The highest BCUT2D eigenvalue weighted by Gasteiger charge is 2.33. The van der Waals surface area contributed by atoms with Crippen LogP contribution in [0.25, 0.3) is 0 Å². The third-order valence-corrected chi connectivity index (χ3v) is 5.35. The fraction of sp³-hybridized carbons (Fsp3) is 0.421. The fourth-order valence-corrected chi connectivity index (χ4v) is 3.96. The molecule has 1 saturated heterocycles. The van der Waals surface area contributed by atoms with Crippen LogP contribution in [0.5, 0.6) is 5.75 Å². The highest BCUT2D eigenvalue weighted by atomic mass is 32.1. The van der Waals surface area contributed by atoms with Gasteiger partial charge in [-0.3, -0.25) is 4.79 Å². The van der Waals surface area contributed by atoms with Crippen LogP contribution in [-0.4, -0.2) is 41.5 Å². The van der Waals surface area contributed by atoms with E-state index in [1.165, 1.54) is 23.5 Å². The molecule has 0 bridgehead atoms. The van der Waals surface area contributed by atoms with Crippen molar-refractivity contribution in [1.29, 1.82) is 0 Å². The number of aromatic nitrogens is 1.